The molecule has 1 N–H and O–H groups in total. The van der Waals surface area contributed by atoms with Crippen LogP contribution in [0.15, 0.2) is 0 Å². The van der Waals surface area contributed by atoms with Gasteiger partial charge in [0.1, 0.15) is 0 Å². The van der Waals surface area contributed by atoms with Gasteiger partial charge >= 0.3 is 0 Å². The summed E-state index contributed by atoms with van der Waals surface area (Å²) in [6.07, 6.45) is 7.34. The van der Waals surface area contributed by atoms with Crippen LogP contribution in [0.3, 0.4) is 0 Å². The van der Waals surface area contributed by atoms with E-state index < -0.39 is 0 Å². The molecule has 3 atom stereocenters. The van der Waals surface area contributed by atoms with Gasteiger partial charge in [-0.3, -0.25) is 4.90 Å². The Labute approximate surface area is 80.7 Å². The number of rotatable bonds is 1. The van der Waals surface area contributed by atoms with Gasteiger partial charge in [-0.25, -0.2) is 0 Å². The van der Waals surface area contributed by atoms with E-state index in [0.29, 0.717) is 0 Å². The molecular weight excluding hydrogens is 160 g/mol. The van der Waals surface area contributed by atoms with Gasteiger partial charge in [0.05, 0.1) is 0 Å². The average Bonchev–Trinajstić information content (AvgIpc) is 2.80. The smallest absolute Gasteiger partial charge is 0.0224 e. The summed E-state index contributed by atoms with van der Waals surface area (Å²) in [5.74, 6) is 1.06. The molecule has 2 aliphatic heterocycles. The van der Waals surface area contributed by atoms with E-state index in [2.05, 4.69) is 10.2 Å². The maximum atomic E-state index is 3.53. The van der Waals surface area contributed by atoms with Crippen LogP contribution in [0.4, 0.5) is 0 Å². The lowest BCUT2D eigenvalue weighted by atomic mass is 10.0. The Bertz CT molecular complexity index is 187. The summed E-state index contributed by atoms with van der Waals surface area (Å²) in [5.41, 5.74) is 0. The topological polar surface area (TPSA) is 15.3 Å². The van der Waals surface area contributed by atoms with Crippen LogP contribution in [0, 0.1) is 5.92 Å². The first-order chi connectivity index (χ1) is 6.43. The second-order valence-corrected chi connectivity index (χ2v) is 5.03. The molecule has 3 rings (SSSR count). The van der Waals surface area contributed by atoms with Gasteiger partial charge in [0.25, 0.3) is 0 Å². The van der Waals surface area contributed by atoms with Crippen LogP contribution < -0.4 is 5.32 Å². The molecule has 2 bridgehead atoms. The lowest BCUT2D eigenvalue weighted by Gasteiger charge is -2.37. The number of nitrogens with zero attached hydrogens (tertiary/aromatic N) is 1. The summed E-state index contributed by atoms with van der Waals surface area (Å²) in [5, 5.41) is 3.53. The zero-order valence-electron chi connectivity index (χ0n) is 8.34. The van der Waals surface area contributed by atoms with Crippen molar-refractivity contribution in [1.29, 1.82) is 0 Å². The standard InChI is InChI=1S/C11H20N2/c1-2-11(7-12-5-1)13-8-9-3-4-10(13)6-9/h9-12H,1-8H2. The van der Waals surface area contributed by atoms with Gasteiger partial charge in [0, 0.05) is 25.2 Å². The fraction of sp³-hybridized carbons (Fsp3) is 1.00. The lowest BCUT2D eigenvalue weighted by molar-refractivity contribution is 0.126. The van der Waals surface area contributed by atoms with Crippen LogP contribution in [0.5, 0.6) is 0 Å². The Morgan fingerprint density at radius 1 is 1.08 bits per heavy atom. The zero-order chi connectivity index (χ0) is 8.67. The third kappa shape index (κ3) is 1.40. The Hall–Kier alpha value is -0.0800. The fourth-order valence-electron chi connectivity index (χ4n) is 3.53. The van der Waals surface area contributed by atoms with Crippen LogP contribution in [-0.2, 0) is 0 Å². The quantitative estimate of drug-likeness (QED) is 0.653. The van der Waals surface area contributed by atoms with Crippen LogP contribution in [-0.4, -0.2) is 36.6 Å². The van der Waals surface area contributed by atoms with Crippen molar-refractivity contribution in [2.75, 3.05) is 19.6 Å². The van der Waals surface area contributed by atoms with E-state index in [1.54, 1.807) is 0 Å². The highest BCUT2D eigenvalue weighted by Crippen LogP contribution is 2.39. The van der Waals surface area contributed by atoms with Crippen molar-refractivity contribution in [3.63, 3.8) is 0 Å². The number of piperidine rings is 2. The van der Waals surface area contributed by atoms with Crippen molar-refractivity contribution in [2.24, 2.45) is 5.92 Å². The number of likely N-dealkylation sites (tertiary alicyclic amines) is 1. The molecule has 0 aromatic carbocycles. The third-order valence-corrected chi connectivity index (χ3v) is 4.19. The molecular formula is C11H20N2. The van der Waals surface area contributed by atoms with Gasteiger partial charge in [0.15, 0.2) is 0 Å². The molecule has 74 valence electrons. The first-order valence-corrected chi connectivity index (χ1v) is 5.90. The zero-order valence-corrected chi connectivity index (χ0v) is 8.34. The Balaban J connectivity index is 1.65. The molecule has 3 unspecified atom stereocenters. The lowest BCUT2D eigenvalue weighted by Crippen LogP contribution is -2.49. The highest BCUT2D eigenvalue weighted by atomic mass is 15.2. The number of nitrogens with one attached hydrogen (secondary N) is 1. The minimum absolute atomic E-state index is 0.879. The van der Waals surface area contributed by atoms with Crippen molar-refractivity contribution in [1.82, 2.24) is 10.2 Å². The van der Waals surface area contributed by atoms with Gasteiger partial charge in [-0.2, -0.15) is 0 Å². The van der Waals surface area contributed by atoms with E-state index >= 15 is 0 Å². The number of hydrogen-bond donors (Lipinski definition) is 1. The van der Waals surface area contributed by atoms with E-state index in [-0.39, 0.29) is 0 Å². The largest absolute Gasteiger partial charge is 0.315 e. The van der Waals surface area contributed by atoms with Crippen LogP contribution in [0.2, 0.25) is 0 Å². The summed E-state index contributed by atoms with van der Waals surface area (Å²) in [4.78, 5) is 2.81. The number of fused-ring (bicyclic) bond motifs is 2. The Morgan fingerprint density at radius 2 is 2.08 bits per heavy atom. The van der Waals surface area contributed by atoms with Gasteiger partial charge in [0.2, 0.25) is 0 Å². The summed E-state index contributed by atoms with van der Waals surface area (Å²) in [6.45, 7) is 3.92. The van der Waals surface area contributed by atoms with Gasteiger partial charge < -0.3 is 5.32 Å². The maximum Gasteiger partial charge on any atom is 0.0224 e. The SMILES string of the molecule is C1CNCC(N2CC3CCC2C3)C1. The molecule has 3 fully saturated rings. The molecule has 2 heterocycles. The molecule has 2 saturated heterocycles. The van der Waals surface area contributed by atoms with Crippen LogP contribution in [0.25, 0.3) is 0 Å². The second-order valence-electron chi connectivity index (χ2n) is 5.03. The Kier molecular flexibility index (Phi) is 2.06. The first kappa shape index (κ1) is 8.25. The Morgan fingerprint density at radius 3 is 2.69 bits per heavy atom. The van der Waals surface area contributed by atoms with Crippen molar-refractivity contribution in [3.8, 4) is 0 Å². The minimum atomic E-state index is 0.879. The number of hydrogen-bond acceptors (Lipinski definition) is 2. The van der Waals surface area contributed by atoms with Crippen molar-refractivity contribution in [2.45, 2.75) is 44.2 Å². The minimum Gasteiger partial charge on any atom is -0.315 e. The monoisotopic (exact) mass is 180 g/mol. The normalized spacial score (nSPS) is 45.7. The molecule has 1 aliphatic carbocycles. The van der Waals surface area contributed by atoms with E-state index in [9.17, 15) is 0 Å². The predicted octanol–water partition coefficient (Wildman–Crippen LogP) is 1.22. The molecule has 3 aliphatic rings. The van der Waals surface area contributed by atoms with Crippen molar-refractivity contribution in [3.05, 3.63) is 0 Å². The van der Waals surface area contributed by atoms with Crippen molar-refractivity contribution >= 4 is 0 Å². The molecule has 0 aromatic heterocycles. The predicted molar refractivity (Wildman–Crippen MR) is 53.7 cm³/mol. The van der Waals surface area contributed by atoms with Crippen molar-refractivity contribution < 1.29 is 0 Å². The molecule has 1 saturated carbocycles. The maximum absolute atomic E-state index is 3.53. The molecule has 0 radical (unpaired) electrons. The highest BCUT2D eigenvalue weighted by molar-refractivity contribution is 4.96. The average molecular weight is 180 g/mol. The molecule has 0 amide bonds. The van der Waals surface area contributed by atoms with E-state index in [1.807, 2.05) is 0 Å². The summed E-state index contributed by atoms with van der Waals surface area (Å²) in [6, 6.07) is 1.85. The van der Waals surface area contributed by atoms with Gasteiger partial charge in [-0.1, -0.05) is 0 Å². The molecule has 2 heteroatoms. The van der Waals surface area contributed by atoms with Gasteiger partial charge in [-0.05, 0) is 44.6 Å². The highest BCUT2D eigenvalue weighted by Gasteiger charge is 2.40. The third-order valence-electron chi connectivity index (χ3n) is 4.19. The van der Waals surface area contributed by atoms with Crippen LogP contribution in [0.1, 0.15) is 32.1 Å². The second kappa shape index (κ2) is 3.25. The molecule has 2 nitrogen and oxygen atoms in total. The van der Waals surface area contributed by atoms with E-state index in [0.717, 1.165) is 18.0 Å². The molecule has 0 spiro atoms. The first-order valence-electron chi connectivity index (χ1n) is 5.90. The summed E-state index contributed by atoms with van der Waals surface area (Å²) >= 11 is 0. The van der Waals surface area contributed by atoms with Crippen LogP contribution >= 0.6 is 0 Å². The van der Waals surface area contributed by atoms with E-state index in [1.165, 1.54) is 51.7 Å². The molecule has 13 heavy (non-hydrogen) atoms. The summed E-state index contributed by atoms with van der Waals surface area (Å²) < 4.78 is 0. The van der Waals surface area contributed by atoms with E-state index in [4.69, 9.17) is 0 Å². The fourth-order valence-corrected chi connectivity index (χ4v) is 3.53. The summed E-state index contributed by atoms with van der Waals surface area (Å²) in [7, 11) is 0. The van der Waals surface area contributed by atoms with Gasteiger partial charge in [-0.15, -0.1) is 0 Å². The molecule has 0 aromatic rings.